The van der Waals surface area contributed by atoms with Gasteiger partial charge in [-0.05, 0) is 66.9 Å². The number of halogens is 1. The van der Waals surface area contributed by atoms with Crippen molar-refractivity contribution in [1.29, 1.82) is 5.26 Å². The molecule has 4 rings (SSSR count). The Kier molecular flexibility index (Phi) is 6.74. The number of benzene rings is 2. The van der Waals surface area contributed by atoms with Crippen molar-refractivity contribution in [2.24, 2.45) is 0 Å². The summed E-state index contributed by atoms with van der Waals surface area (Å²) in [6, 6.07) is 15.2. The molecule has 0 spiro atoms. The highest BCUT2D eigenvalue weighted by molar-refractivity contribution is 5.93. The number of nitrogens with one attached hydrogen (secondary N) is 1. The van der Waals surface area contributed by atoms with E-state index in [0.717, 1.165) is 29.3 Å². The lowest BCUT2D eigenvalue weighted by Gasteiger charge is -2.33. The molecule has 2 heterocycles. The fourth-order valence-electron chi connectivity index (χ4n) is 4.09. The number of carbonyl (C=O) groups is 1. The van der Waals surface area contributed by atoms with Crippen LogP contribution in [0.5, 0.6) is 0 Å². The first kappa shape index (κ1) is 21.9. The minimum Gasteiger partial charge on any atom is -0.376 e. The molecule has 0 radical (unpaired) electrons. The van der Waals surface area contributed by atoms with Crippen LogP contribution in [0.3, 0.4) is 0 Å². The summed E-state index contributed by atoms with van der Waals surface area (Å²) in [5.74, 6) is -0.296. The van der Waals surface area contributed by atoms with Crippen LogP contribution in [0, 0.1) is 17.1 Å². The second-order valence-electron chi connectivity index (χ2n) is 7.96. The van der Waals surface area contributed by atoms with Crippen LogP contribution in [0.25, 0.3) is 10.9 Å². The maximum Gasteiger partial charge on any atom is 0.265 e. The number of carbonyl (C=O) groups excluding carboxylic acids is 1. The van der Waals surface area contributed by atoms with Gasteiger partial charge in [0.15, 0.2) is 0 Å². The van der Waals surface area contributed by atoms with Gasteiger partial charge in [0.05, 0.1) is 29.9 Å². The zero-order chi connectivity index (χ0) is 22.5. The molecule has 0 saturated carbocycles. The highest BCUT2D eigenvalue weighted by Crippen LogP contribution is 2.32. The SMILES string of the molecule is CCN(CC1CCC(c2ccnc3ccc(F)cc23)CO1)NC(=O)c1ccc(C#N)cc1. The van der Waals surface area contributed by atoms with Gasteiger partial charge in [-0.15, -0.1) is 0 Å². The molecule has 1 fully saturated rings. The standard InChI is InChI=1S/C25H25FN4O2/c1-2-30(29-25(31)18-5-3-17(14-27)4-6-18)15-21-9-7-19(16-32-21)22-11-12-28-24-10-8-20(26)13-23(22)24/h3-6,8,10-13,19,21H,2,7,9,15-16H2,1H3,(H,29,31). The van der Waals surface area contributed by atoms with Crippen LogP contribution in [-0.4, -0.2) is 41.7 Å². The van der Waals surface area contributed by atoms with Gasteiger partial charge in [0.2, 0.25) is 0 Å². The van der Waals surface area contributed by atoms with Gasteiger partial charge in [0.1, 0.15) is 5.82 Å². The molecule has 2 unspecified atom stereocenters. The number of amides is 1. The number of ether oxygens (including phenoxy) is 1. The van der Waals surface area contributed by atoms with E-state index in [2.05, 4.69) is 10.4 Å². The highest BCUT2D eigenvalue weighted by atomic mass is 19.1. The van der Waals surface area contributed by atoms with Crippen LogP contribution in [0.4, 0.5) is 4.39 Å². The number of nitriles is 1. The van der Waals surface area contributed by atoms with Gasteiger partial charge in [-0.2, -0.15) is 5.26 Å². The average molecular weight is 432 g/mol. The van der Waals surface area contributed by atoms with Crippen molar-refractivity contribution >= 4 is 16.8 Å². The van der Waals surface area contributed by atoms with Crippen LogP contribution < -0.4 is 5.43 Å². The summed E-state index contributed by atoms with van der Waals surface area (Å²) < 4.78 is 19.9. The van der Waals surface area contributed by atoms with Crippen molar-refractivity contribution in [2.75, 3.05) is 19.7 Å². The smallest absolute Gasteiger partial charge is 0.265 e. The molecule has 0 bridgehead atoms. The quantitative estimate of drug-likeness (QED) is 0.592. The molecule has 32 heavy (non-hydrogen) atoms. The Bertz CT molecular complexity index is 1130. The molecule has 1 aliphatic rings. The Morgan fingerprint density at radius 2 is 2.06 bits per heavy atom. The number of hydrogen-bond acceptors (Lipinski definition) is 5. The molecule has 7 heteroatoms. The molecule has 164 valence electrons. The Morgan fingerprint density at radius 1 is 1.25 bits per heavy atom. The predicted octanol–water partition coefficient (Wildman–Crippen LogP) is 4.18. The molecular weight excluding hydrogens is 407 g/mol. The van der Waals surface area contributed by atoms with E-state index in [9.17, 15) is 9.18 Å². The number of aromatic nitrogens is 1. The van der Waals surface area contributed by atoms with Crippen molar-refractivity contribution < 1.29 is 13.9 Å². The van der Waals surface area contributed by atoms with Crippen LogP contribution in [0.15, 0.2) is 54.7 Å². The van der Waals surface area contributed by atoms with Crippen LogP contribution in [0.1, 0.15) is 47.2 Å². The third-order valence-electron chi connectivity index (χ3n) is 5.89. The zero-order valence-corrected chi connectivity index (χ0v) is 17.9. The van der Waals surface area contributed by atoms with Crippen molar-refractivity contribution in [3.63, 3.8) is 0 Å². The Balaban J connectivity index is 1.35. The number of rotatable bonds is 6. The van der Waals surface area contributed by atoms with E-state index in [0.29, 0.717) is 30.8 Å². The van der Waals surface area contributed by atoms with Gasteiger partial charge in [0.25, 0.3) is 5.91 Å². The molecule has 2 aromatic carbocycles. The van der Waals surface area contributed by atoms with Gasteiger partial charge in [0, 0.05) is 36.2 Å². The summed E-state index contributed by atoms with van der Waals surface area (Å²) in [6.45, 7) is 3.74. The second-order valence-corrected chi connectivity index (χ2v) is 7.96. The third kappa shape index (κ3) is 4.93. The first-order valence-electron chi connectivity index (χ1n) is 10.8. The van der Waals surface area contributed by atoms with Crippen molar-refractivity contribution in [2.45, 2.75) is 31.8 Å². The summed E-state index contributed by atoms with van der Waals surface area (Å²) in [5, 5.41) is 11.6. The van der Waals surface area contributed by atoms with Crippen LogP contribution >= 0.6 is 0 Å². The number of hydrogen-bond donors (Lipinski definition) is 1. The summed E-state index contributed by atoms with van der Waals surface area (Å²) in [5.41, 5.74) is 5.79. The van der Waals surface area contributed by atoms with Gasteiger partial charge in [-0.3, -0.25) is 15.2 Å². The molecule has 1 aromatic heterocycles. The molecule has 6 nitrogen and oxygen atoms in total. The topological polar surface area (TPSA) is 78.2 Å². The fraction of sp³-hybridized carbons (Fsp3) is 0.320. The Labute approximate surface area is 186 Å². The fourth-order valence-corrected chi connectivity index (χ4v) is 4.09. The van der Waals surface area contributed by atoms with E-state index >= 15 is 0 Å². The van der Waals surface area contributed by atoms with E-state index in [1.807, 2.05) is 24.1 Å². The van der Waals surface area contributed by atoms with Gasteiger partial charge >= 0.3 is 0 Å². The molecule has 1 amide bonds. The number of likely N-dealkylation sites (N-methyl/N-ethyl adjacent to an activating group) is 1. The summed E-state index contributed by atoms with van der Waals surface area (Å²) >= 11 is 0. The van der Waals surface area contributed by atoms with Gasteiger partial charge < -0.3 is 4.74 Å². The molecular formula is C25H25FN4O2. The lowest BCUT2D eigenvalue weighted by molar-refractivity contribution is -0.0225. The van der Waals surface area contributed by atoms with E-state index in [1.54, 1.807) is 42.6 Å². The average Bonchev–Trinajstić information content (AvgIpc) is 2.83. The minimum atomic E-state index is -0.266. The van der Waals surface area contributed by atoms with Crippen molar-refractivity contribution in [3.05, 3.63) is 77.2 Å². The maximum atomic E-state index is 13.8. The molecule has 1 aliphatic heterocycles. The Morgan fingerprint density at radius 3 is 2.75 bits per heavy atom. The molecule has 1 N–H and O–H groups in total. The summed E-state index contributed by atoms with van der Waals surface area (Å²) in [4.78, 5) is 16.9. The summed E-state index contributed by atoms with van der Waals surface area (Å²) in [6.07, 6.45) is 3.52. The van der Waals surface area contributed by atoms with E-state index < -0.39 is 0 Å². The van der Waals surface area contributed by atoms with Gasteiger partial charge in [-0.25, -0.2) is 9.40 Å². The molecule has 0 aliphatic carbocycles. The summed E-state index contributed by atoms with van der Waals surface area (Å²) in [7, 11) is 0. The van der Waals surface area contributed by atoms with E-state index in [1.165, 1.54) is 6.07 Å². The minimum absolute atomic E-state index is 0.00250. The number of hydrazine groups is 1. The third-order valence-corrected chi connectivity index (χ3v) is 5.89. The van der Waals surface area contributed by atoms with Crippen molar-refractivity contribution in [1.82, 2.24) is 15.4 Å². The number of pyridine rings is 1. The molecule has 3 aromatic rings. The zero-order valence-electron chi connectivity index (χ0n) is 17.9. The predicted molar refractivity (Wildman–Crippen MR) is 119 cm³/mol. The largest absolute Gasteiger partial charge is 0.376 e. The van der Waals surface area contributed by atoms with E-state index in [-0.39, 0.29) is 23.7 Å². The molecule has 1 saturated heterocycles. The first-order chi connectivity index (χ1) is 15.6. The monoisotopic (exact) mass is 432 g/mol. The van der Waals surface area contributed by atoms with Crippen LogP contribution in [-0.2, 0) is 4.74 Å². The maximum absolute atomic E-state index is 13.8. The first-order valence-corrected chi connectivity index (χ1v) is 10.8. The lowest BCUT2D eigenvalue weighted by Crippen LogP contribution is -2.47. The van der Waals surface area contributed by atoms with Crippen molar-refractivity contribution in [3.8, 4) is 6.07 Å². The lowest BCUT2D eigenvalue weighted by atomic mass is 9.89. The Hall–Kier alpha value is -3.34. The van der Waals surface area contributed by atoms with Crippen LogP contribution in [0.2, 0.25) is 0 Å². The molecule has 2 atom stereocenters. The second kappa shape index (κ2) is 9.86. The number of nitrogens with zero attached hydrogens (tertiary/aromatic N) is 3. The highest BCUT2D eigenvalue weighted by Gasteiger charge is 2.26. The number of fused-ring (bicyclic) bond motifs is 1. The normalized spacial score (nSPS) is 18.4. The van der Waals surface area contributed by atoms with E-state index in [4.69, 9.17) is 10.00 Å². The van der Waals surface area contributed by atoms with Gasteiger partial charge in [-0.1, -0.05) is 6.92 Å².